The quantitative estimate of drug-likeness (QED) is 0.359. The SMILES string of the molecule is CCCCCCCNC(O)[C@@H](O)[C@H]1O[C@H](O)[C@H]2OC(C)(C)O[C@@H]12. The van der Waals surface area contributed by atoms with Crippen molar-refractivity contribution in [1.82, 2.24) is 5.32 Å². The number of nitrogens with one attached hydrogen (secondary N) is 1. The Balaban J connectivity index is 1.77. The maximum atomic E-state index is 10.3. The zero-order chi connectivity index (χ0) is 17.0. The molecule has 2 heterocycles. The van der Waals surface area contributed by atoms with Gasteiger partial charge in [-0.2, -0.15) is 0 Å². The maximum Gasteiger partial charge on any atom is 0.184 e. The Bertz CT molecular complexity index is 366. The number of fused-ring (bicyclic) bond motifs is 1. The van der Waals surface area contributed by atoms with Gasteiger partial charge in [-0.15, -0.1) is 0 Å². The molecule has 23 heavy (non-hydrogen) atoms. The zero-order valence-corrected chi connectivity index (χ0v) is 14.3. The first-order chi connectivity index (χ1) is 10.9. The molecule has 0 bridgehead atoms. The number of unbranched alkanes of at least 4 members (excludes halogenated alkanes) is 4. The molecule has 0 aromatic rings. The molecule has 2 aliphatic rings. The third-order valence-corrected chi connectivity index (χ3v) is 4.36. The molecule has 0 amide bonds. The molecule has 0 aromatic carbocycles. The lowest BCUT2D eigenvalue weighted by molar-refractivity contribution is -0.236. The topological polar surface area (TPSA) is 100 Å². The lowest BCUT2D eigenvalue weighted by Gasteiger charge is -2.28. The summed E-state index contributed by atoms with van der Waals surface area (Å²) < 4.78 is 16.6. The van der Waals surface area contributed by atoms with Crippen molar-refractivity contribution in [2.75, 3.05) is 6.54 Å². The summed E-state index contributed by atoms with van der Waals surface area (Å²) >= 11 is 0. The van der Waals surface area contributed by atoms with E-state index in [9.17, 15) is 15.3 Å². The Morgan fingerprint density at radius 1 is 1.04 bits per heavy atom. The molecule has 2 aliphatic heterocycles. The van der Waals surface area contributed by atoms with Gasteiger partial charge in [-0.3, -0.25) is 5.32 Å². The lowest BCUT2D eigenvalue weighted by Crippen LogP contribution is -2.50. The van der Waals surface area contributed by atoms with Crippen LogP contribution in [0.4, 0.5) is 0 Å². The van der Waals surface area contributed by atoms with Crippen molar-refractivity contribution in [2.24, 2.45) is 0 Å². The monoisotopic (exact) mass is 333 g/mol. The van der Waals surface area contributed by atoms with Crippen LogP contribution in [0.15, 0.2) is 0 Å². The molecule has 0 saturated carbocycles. The van der Waals surface area contributed by atoms with Crippen molar-refractivity contribution in [3.8, 4) is 0 Å². The molecule has 7 nitrogen and oxygen atoms in total. The predicted octanol–water partition coefficient (Wildman–Crippen LogP) is 0.463. The number of ether oxygens (including phenoxy) is 3. The Morgan fingerprint density at radius 2 is 1.70 bits per heavy atom. The summed E-state index contributed by atoms with van der Waals surface area (Å²) in [4.78, 5) is 0. The molecule has 136 valence electrons. The van der Waals surface area contributed by atoms with E-state index in [0.717, 1.165) is 12.8 Å². The number of aliphatic hydroxyl groups is 3. The Kier molecular flexibility index (Phi) is 6.79. The van der Waals surface area contributed by atoms with Crippen molar-refractivity contribution in [3.05, 3.63) is 0 Å². The lowest BCUT2D eigenvalue weighted by atomic mass is 10.0. The van der Waals surface area contributed by atoms with Gasteiger partial charge in [0.15, 0.2) is 12.1 Å². The van der Waals surface area contributed by atoms with Crippen LogP contribution in [0.2, 0.25) is 0 Å². The van der Waals surface area contributed by atoms with Gasteiger partial charge in [0, 0.05) is 0 Å². The summed E-state index contributed by atoms with van der Waals surface area (Å²) in [6.07, 6.45) is 0.0425. The van der Waals surface area contributed by atoms with Crippen LogP contribution < -0.4 is 5.32 Å². The van der Waals surface area contributed by atoms with E-state index >= 15 is 0 Å². The predicted molar refractivity (Wildman–Crippen MR) is 83.5 cm³/mol. The van der Waals surface area contributed by atoms with Gasteiger partial charge in [0.1, 0.15) is 30.6 Å². The molecule has 2 rings (SSSR count). The molecule has 7 heteroatoms. The summed E-state index contributed by atoms with van der Waals surface area (Å²) in [5.41, 5.74) is 0. The summed E-state index contributed by atoms with van der Waals surface area (Å²) in [6.45, 7) is 6.27. The number of aliphatic hydroxyl groups excluding tert-OH is 3. The highest BCUT2D eigenvalue weighted by atomic mass is 16.8. The fourth-order valence-corrected chi connectivity index (χ4v) is 3.16. The fourth-order valence-electron chi connectivity index (χ4n) is 3.16. The molecule has 2 fully saturated rings. The fraction of sp³-hybridized carbons (Fsp3) is 1.00. The normalized spacial score (nSPS) is 35.2. The van der Waals surface area contributed by atoms with Crippen molar-refractivity contribution in [3.63, 3.8) is 0 Å². The summed E-state index contributed by atoms with van der Waals surface area (Å²) in [5, 5.41) is 33.2. The van der Waals surface area contributed by atoms with Gasteiger partial charge in [-0.05, 0) is 26.8 Å². The van der Waals surface area contributed by atoms with Crippen LogP contribution in [0.25, 0.3) is 0 Å². The van der Waals surface area contributed by atoms with Crippen molar-refractivity contribution >= 4 is 0 Å². The van der Waals surface area contributed by atoms with Crippen LogP contribution >= 0.6 is 0 Å². The first-order valence-electron chi connectivity index (χ1n) is 8.64. The van der Waals surface area contributed by atoms with E-state index in [4.69, 9.17) is 14.2 Å². The van der Waals surface area contributed by atoms with Gasteiger partial charge >= 0.3 is 0 Å². The van der Waals surface area contributed by atoms with E-state index in [1.165, 1.54) is 19.3 Å². The molecule has 0 spiro atoms. The summed E-state index contributed by atoms with van der Waals surface area (Å²) in [5.74, 6) is -0.838. The molecule has 0 radical (unpaired) electrons. The Labute approximate surface area is 137 Å². The molecule has 0 aliphatic carbocycles. The average molecular weight is 333 g/mol. The highest BCUT2D eigenvalue weighted by Crippen LogP contribution is 2.39. The maximum absolute atomic E-state index is 10.3. The minimum absolute atomic E-state index is 0.601. The molecule has 0 aromatic heterocycles. The Hall–Kier alpha value is -0.280. The Morgan fingerprint density at radius 3 is 2.39 bits per heavy atom. The minimum atomic E-state index is -1.20. The number of hydrogen-bond donors (Lipinski definition) is 4. The highest BCUT2D eigenvalue weighted by molar-refractivity contribution is 4.98. The molecule has 6 atom stereocenters. The van der Waals surface area contributed by atoms with E-state index < -0.39 is 42.7 Å². The van der Waals surface area contributed by atoms with Gasteiger partial charge in [-0.1, -0.05) is 32.6 Å². The van der Waals surface area contributed by atoms with Gasteiger partial charge in [0.05, 0.1) is 0 Å². The van der Waals surface area contributed by atoms with E-state index in [2.05, 4.69) is 12.2 Å². The van der Waals surface area contributed by atoms with E-state index in [1.54, 1.807) is 13.8 Å². The molecular weight excluding hydrogens is 302 g/mol. The number of hydrogen-bond acceptors (Lipinski definition) is 7. The van der Waals surface area contributed by atoms with E-state index in [-0.39, 0.29) is 0 Å². The van der Waals surface area contributed by atoms with Gasteiger partial charge in [-0.25, -0.2) is 0 Å². The van der Waals surface area contributed by atoms with Crippen molar-refractivity contribution in [1.29, 1.82) is 0 Å². The average Bonchev–Trinajstić information content (AvgIpc) is 2.96. The van der Waals surface area contributed by atoms with Crippen molar-refractivity contribution < 1.29 is 29.5 Å². The van der Waals surface area contributed by atoms with E-state index in [1.807, 2.05) is 0 Å². The third kappa shape index (κ3) is 4.85. The van der Waals surface area contributed by atoms with E-state index in [0.29, 0.717) is 6.54 Å². The molecular formula is C16H31NO6. The standard InChI is InChI=1S/C16H31NO6/c1-4-5-6-7-8-9-17-14(19)10(18)11-12-13(15(20)21-11)23-16(2,3)22-12/h10-15,17-20H,4-9H2,1-3H3/t10-,11+,12-,13-,14?,15-/m0/s1. The smallest absolute Gasteiger partial charge is 0.184 e. The molecule has 2 saturated heterocycles. The van der Waals surface area contributed by atoms with Crippen LogP contribution in [-0.4, -0.2) is 64.6 Å². The zero-order valence-electron chi connectivity index (χ0n) is 14.3. The minimum Gasteiger partial charge on any atom is -0.386 e. The summed E-state index contributed by atoms with van der Waals surface area (Å²) in [7, 11) is 0. The molecule has 1 unspecified atom stereocenters. The van der Waals surface area contributed by atoms with Crippen LogP contribution in [0.1, 0.15) is 52.9 Å². The highest BCUT2D eigenvalue weighted by Gasteiger charge is 2.57. The first-order valence-corrected chi connectivity index (χ1v) is 8.64. The van der Waals surface area contributed by atoms with Crippen LogP contribution in [0.3, 0.4) is 0 Å². The summed E-state index contributed by atoms with van der Waals surface area (Å²) in [6, 6.07) is 0. The second kappa shape index (κ2) is 8.20. The van der Waals surface area contributed by atoms with Gasteiger partial charge in [0.2, 0.25) is 0 Å². The van der Waals surface area contributed by atoms with Gasteiger partial charge < -0.3 is 29.5 Å². The molecule has 4 N–H and O–H groups in total. The van der Waals surface area contributed by atoms with Gasteiger partial charge in [0.25, 0.3) is 0 Å². The second-order valence-electron chi connectivity index (χ2n) is 6.86. The number of rotatable bonds is 9. The second-order valence-corrected chi connectivity index (χ2v) is 6.86. The van der Waals surface area contributed by atoms with Crippen molar-refractivity contribution in [2.45, 2.75) is 95.6 Å². The largest absolute Gasteiger partial charge is 0.386 e. The van der Waals surface area contributed by atoms with Crippen LogP contribution in [-0.2, 0) is 14.2 Å². The first kappa shape index (κ1) is 19.1. The third-order valence-electron chi connectivity index (χ3n) is 4.36. The van der Waals surface area contributed by atoms with Crippen LogP contribution in [0, 0.1) is 0 Å². The van der Waals surface area contributed by atoms with Crippen LogP contribution in [0.5, 0.6) is 0 Å².